The fourth-order valence-electron chi connectivity index (χ4n) is 2.42. The fraction of sp³-hybridized carbons (Fsp3) is 0.600. The van der Waals surface area contributed by atoms with Gasteiger partial charge in [0.05, 0.1) is 18.8 Å². The average Bonchev–Trinajstić information content (AvgIpc) is 2.41. The van der Waals surface area contributed by atoms with Crippen LogP contribution >= 0.6 is 15.9 Å². The highest BCUT2D eigenvalue weighted by atomic mass is 79.9. The lowest BCUT2D eigenvalue weighted by Crippen LogP contribution is -2.50. The summed E-state index contributed by atoms with van der Waals surface area (Å²) in [6.07, 6.45) is 0.0707. The molecule has 0 saturated carbocycles. The molecule has 2 unspecified atom stereocenters. The maximum Gasteiger partial charge on any atom is 0.0964 e. The van der Waals surface area contributed by atoms with Crippen LogP contribution in [-0.4, -0.2) is 48.0 Å². The Morgan fingerprint density at radius 1 is 1.42 bits per heavy atom. The number of rotatable bonds is 4. The van der Waals surface area contributed by atoms with E-state index in [4.69, 9.17) is 4.74 Å². The molecular weight excluding hydrogens is 306 g/mol. The number of hydrogen-bond donors (Lipinski definition) is 1. The lowest BCUT2D eigenvalue weighted by atomic mass is 10.0. The van der Waals surface area contributed by atoms with Crippen LogP contribution in [0.15, 0.2) is 28.7 Å². The molecule has 1 aliphatic heterocycles. The van der Waals surface area contributed by atoms with Gasteiger partial charge in [0.15, 0.2) is 0 Å². The van der Waals surface area contributed by atoms with Crippen LogP contribution in [0.4, 0.5) is 0 Å². The van der Waals surface area contributed by atoms with Crippen molar-refractivity contribution < 1.29 is 9.84 Å². The molecule has 1 saturated heterocycles. The number of benzene rings is 1. The first-order valence-electron chi connectivity index (χ1n) is 6.85. The monoisotopic (exact) mass is 327 g/mol. The van der Waals surface area contributed by atoms with Gasteiger partial charge >= 0.3 is 0 Å². The zero-order valence-electron chi connectivity index (χ0n) is 11.6. The maximum atomic E-state index is 10.4. The SMILES string of the molecule is CC(C)N1CCOC(C(O)Cc2ccccc2Br)C1. The minimum absolute atomic E-state index is 0.0942. The lowest BCUT2D eigenvalue weighted by molar-refractivity contribution is -0.0941. The van der Waals surface area contributed by atoms with E-state index in [1.807, 2.05) is 24.3 Å². The maximum absolute atomic E-state index is 10.4. The summed E-state index contributed by atoms with van der Waals surface area (Å²) in [5.41, 5.74) is 1.13. The summed E-state index contributed by atoms with van der Waals surface area (Å²) >= 11 is 3.52. The molecule has 1 heterocycles. The summed E-state index contributed by atoms with van der Waals surface area (Å²) in [5, 5.41) is 10.4. The van der Waals surface area contributed by atoms with E-state index in [-0.39, 0.29) is 6.10 Å². The Labute approximate surface area is 123 Å². The van der Waals surface area contributed by atoms with Crippen molar-refractivity contribution in [2.75, 3.05) is 19.7 Å². The molecule has 0 aromatic heterocycles. The minimum atomic E-state index is -0.458. The minimum Gasteiger partial charge on any atom is -0.390 e. The number of ether oxygens (including phenoxy) is 1. The molecule has 1 aliphatic rings. The second kappa shape index (κ2) is 6.84. The topological polar surface area (TPSA) is 32.7 Å². The Bertz CT molecular complexity index is 411. The van der Waals surface area contributed by atoms with Gasteiger partial charge in [0.1, 0.15) is 0 Å². The number of halogens is 1. The van der Waals surface area contributed by atoms with Gasteiger partial charge in [-0.15, -0.1) is 0 Å². The van der Waals surface area contributed by atoms with Crippen LogP contribution in [-0.2, 0) is 11.2 Å². The van der Waals surface area contributed by atoms with E-state index < -0.39 is 6.10 Å². The Hall–Kier alpha value is -0.420. The van der Waals surface area contributed by atoms with E-state index in [2.05, 4.69) is 34.7 Å². The quantitative estimate of drug-likeness (QED) is 0.922. The van der Waals surface area contributed by atoms with E-state index in [9.17, 15) is 5.11 Å². The molecule has 2 atom stereocenters. The Morgan fingerprint density at radius 3 is 2.84 bits per heavy atom. The highest BCUT2D eigenvalue weighted by molar-refractivity contribution is 9.10. The highest BCUT2D eigenvalue weighted by Crippen LogP contribution is 2.20. The molecule has 0 amide bonds. The number of nitrogens with zero attached hydrogens (tertiary/aromatic N) is 1. The van der Waals surface area contributed by atoms with Crippen LogP contribution in [0.3, 0.4) is 0 Å². The van der Waals surface area contributed by atoms with Crippen LogP contribution in [0.1, 0.15) is 19.4 Å². The van der Waals surface area contributed by atoms with Crippen molar-refractivity contribution in [3.05, 3.63) is 34.3 Å². The predicted octanol–water partition coefficient (Wildman–Crippen LogP) is 2.46. The second-order valence-electron chi connectivity index (χ2n) is 5.36. The third-order valence-electron chi connectivity index (χ3n) is 3.67. The van der Waals surface area contributed by atoms with Gasteiger partial charge in [0.2, 0.25) is 0 Å². The van der Waals surface area contributed by atoms with Gasteiger partial charge in [-0.3, -0.25) is 4.90 Å². The van der Waals surface area contributed by atoms with Crippen LogP contribution in [0.2, 0.25) is 0 Å². The molecule has 0 aliphatic carbocycles. The van der Waals surface area contributed by atoms with Crippen LogP contribution in [0.5, 0.6) is 0 Å². The van der Waals surface area contributed by atoms with E-state index >= 15 is 0 Å². The number of aliphatic hydroxyl groups excluding tert-OH is 1. The molecule has 0 spiro atoms. The normalized spacial score (nSPS) is 22.7. The molecular formula is C15H22BrNO2. The van der Waals surface area contributed by atoms with Crippen molar-refractivity contribution >= 4 is 15.9 Å². The van der Waals surface area contributed by atoms with Gasteiger partial charge in [-0.05, 0) is 25.5 Å². The van der Waals surface area contributed by atoms with Crippen molar-refractivity contribution in [1.29, 1.82) is 0 Å². The molecule has 3 nitrogen and oxygen atoms in total. The Balaban J connectivity index is 1.96. The third-order valence-corrected chi connectivity index (χ3v) is 4.44. The standard InChI is InChI=1S/C15H22BrNO2/c1-11(2)17-7-8-19-15(10-17)14(18)9-12-5-3-4-6-13(12)16/h3-6,11,14-15,18H,7-10H2,1-2H3. The molecule has 19 heavy (non-hydrogen) atoms. The van der Waals surface area contributed by atoms with E-state index in [0.717, 1.165) is 23.1 Å². The average molecular weight is 328 g/mol. The Morgan fingerprint density at radius 2 is 2.16 bits per heavy atom. The van der Waals surface area contributed by atoms with Gasteiger partial charge < -0.3 is 9.84 Å². The van der Waals surface area contributed by atoms with Crippen molar-refractivity contribution in [2.24, 2.45) is 0 Å². The van der Waals surface area contributed by atoms with Crippen LogP contribution in [0.25, 0.3) is 0 Å². The van der Waals surface area contributed by atoms with Gasteiger partial charge in [0, 0.05) is 30.0 Å². The van der Waals surface area contributed by atoms with Gasteiger partial charge in [-0.25, -0.2) is 0 Å². The van der Waals surface area contributed by atoms with Crippen LogP contribution in [0, 0.1) is 0 Å². The summed E-state index contributed by atoms with van der Waals surface area (Å²) in [4.78, 5) is 2.36. The van der Waals surface area contributed by atoms with Gasteiger partial charge in [0.25, 0.3) is 0 Å². The van der Waals surface area contributed by atoms with E-state index in [1.165, 1.54) is 0 Å². The number of aliphatic hydroxyl groups is 1. The van der Waals surface area contributed by atoms with E-state index in [1.54, 1.807) is 0 Å². The van der Waals surface area contributed by atoms with Crippen molar-refractivity contribution in [1.82, 2.24) is 4.90 Å². The highest BCUT2D eigenvalue weighted by Gasteiger charge is 2.28. The van der Waals surface area contributed by atoms with Crippen molar-refractivity contribution in [3.8, 4) is 0 Å². The lowest BCUT2D eigenvalue weighted by Gasteiger charge is -2.37. The molecule has 1 aromatic carbocycles. The number of hydrogen-bond acceptors (Lipinski definition) is 3. The number of morpholine rings is 1. The summed E-state index contributed by atoms with van der Waals surface area (Å²) in [6.45, 7) is 6.83. The third kappa shape index (κ3) is 4.02. The molecule has 4 heteroatoms. The van der Waals surface area contributed by atoms with Gasteiger partial charge in [-0.1, -0.05) is 34.1 Å². The van der Waals surface area contributed by atoms with Crippen molar-refractivity contribution in [2.45, 2.75) is 38.5 Å². The van der Waals surface area contributed by atoms with E-state index in [0.29, 0.717) is 19.1 Å². The van der Waals surface area contributed by atoms with Crippen molar-refractivity contribution in [3.63, 3.8) is 0 Å². The largest absolute Gasteiger partial charge is 0.390 e. The van der Waals surface area contributed by atoms with Crippen LogP contribution < -0.4 is 0 Å². The molecule has 2 rings (SSSR count). The molecule has 1 N–H and O–H groups in total. The zero-order valence-corrected chi connectivity index (χ0v) is 13.1. The predicted molar refractivity (Wildman–Crippen MR) is 80.3 cm³/mol. The first-order chi connectivity index (χ1) is 9.08. The molecule has 106 valence electrons. The summed E-state index contributed by atoms with van der Waals surface area (Å²) in [6, 6.07) is 8.52. The zero-order chi connectivity index (χ0) is 13.8. The molecule has 1 aromatic rings. The Kier molecular flexibility index (Phi) is 5.39. The summed E-state index contributed by atoms with van der Waals surface area (Å²) in [5.74, 6) is 0. The molecule has 0 radical (unpaired) electrons. The molecule has 1 fully saturated rings. The van der Waals surface area contributed by atoms with Gasteiger partial charge in [-0.2, -0.15) is 0 Å². The first kappa shape index (κ1) is 15.0. The summed E-state index contributed by atoms with van der Waals surface area (Å²) < 4.78 is 6.77. The smallest absolute Gasteiger partial charge is 0.0964 e. The summed E-state index contributed by atoms with van der Waals surface area (Å²) in [7, 11) is 0. The first-order valence-corrected chi connectivity index (χ1v) is 7.64. The second-order valence-corrected chi connectivity index (χ2v) is 6.22. The molecule has 0 bridgehead atoms. The fourth-order valence-corrected chi connectivity index (χ4v) is 2.87.